The third-order valence-corrected chi connectivity index (χ3v) is 3.94. The lowest BCUT2D eigenvalue weighted by atomic mass is 10.2. The molecule has 2 N–H and O–H groups in total. The fourth-order valence-corrected chi connectivity index (χ4v) is 2.64. The number of fused-ring (bicyclic) bond motifs is 1. The molecule has 2 aromatic heterocycles. The smallest absolute Gasteiger partial charge is 0.338 e. The molecule has 0 saturated heterocycles. The van der Waals surface area contributed by atoms with Gasteiger partial charge >= 0.3 is 5.97 Å². The second kappa shape index (κ2) is 7.20. The van der Waals surface area contributed by atoms with Crippen molar-refractivity contribution in [1.29, 1.82) is 0 Å². The monoisotopic (exact) mass is 420 g/mol. The highest BCUT2D eigenvalue weighted by molar-refractivity contribution is 9.10. The molecular weight excluding hydrogens is 407 g/mol. The number of ether oxygens (including phenoxy) is 1. The molecule has 1 unspecified atom stereocenters. The molecule has 2 heterocycles. The molecule has 0 fully saturated rings. The van der Waals surface area contributed by atoms with Gasteiger partial charge in [0.25, 0.3) is 0 Å². The molecule has 1 aromatic carbocycles. The molecule has 0 saturated carbocycles. The zero-order valence-electron chi connectivity index (χ0n) is 13.8. The topological polar surface area (TPSA) is 97.0 Å². The van der Waals surface area contributed by atoms with E-state index >= 15 is 0 Å². The Morgan fingerprint density at radius 1 is 1.35 bits per heavy atom. The number of nitrogens with zero attached hydrogens (tertiary/aromatic N) is 2. The summed E-state index contributed by atoms with van der Waals surface area (Å²) in [6.07, 6.45) is 0.941. The maximum absolute atomic E-state index is 13.7. The number of H-pyrrole nitrogens is 1. The Balaban J connectivity index is 1.79. The standard InChI is InChI=1S/C17H14BrFN4O3/c1-8(15-22-14-6-11(18)7-20-16(14)23-15)26-17(25)10-3-4-12(19)13(5-10)21-9(2)24/h3-8H,1-2H3,(H,21,24)(H,20,22,23). The summed E-state index contributed by atoms with van der Waals surface area (Å²) in [6, 6.07) is 5.41. The van der Waals surface area contributed by atoms with E-state index < -0.39 is 23.8 Å². The number of rotatable bonds is 4. The van der Waals surface area contributed by atoms with Crippen LogP contribution in [0.5, 0.6) is 0 Å². The SMILES string of the molecule is CC(=O)Nc1cc(C(=O)OC(C)c2nc3ncc(Br)cc3[nH]2)ccc1F. The third-order valence-electron chi connectivity index (χ3n) is 3.50. The van der Waals surface area contributed by atoms with Gasteiger partial charge in [0.2, 0.25) is 5.91 Å². The number of hydrogen-bond donors (Lipinski definition) is 2. The average Bonchev–Trinajstić information content (AvgIpc) is 2.99. The number of hydrogen-bond acceptors (Lipinski definition) is 5. The first-order valence-electron chi connectivity index (χ1n) is 7.63. The molecule has 0 spiro atoms. The molecule has 3 aromatic rings. The van der Waals surface area contributed by atoms with Crippen LogP contribution in [-0.2, 0) is 9.53 Å². The summed E-state index contributed by atoms with van der Waals surface area (Å²) < 4.78 is 19.8. The highest BCUT2D eigenvalue weighted by Crippen LogP contribution is 2.22. The van der Waals surface area contributed by atoms with Gasteiger partial charge in [-0.25, -0.2) is 19.2 Å². The summed E-state index contributed by atoms with van der Waals surface area (Å²) in [7, 11) is 0. The van der Waals surface area contributed by atoms with Gasteiger partial charge in [-0.1, -0.05) is 0 Å². The molecule has 0 aliphatic carbocycles. The molecule has 26 heavy (non-hydrogen) atoms. The summed E-state index contributed by atoms with van der Waals surface area (Å²) in [4.78, 5) is 34.9. The number of anilines is 1. The van der Waals surface area contributed by atoms with E-state index in [9.17, 15) is 14.0 Å². The van der Waals surface area contributed by atoms with Crippen molar-refractivity contribution in [1.82, 2.24) is 15.0 Å². The second-order valence-corrected chi connectivity index (χ2v) is 6.49. The van der Waals surface area contributed by atoms with E-state index in [2.05, 4.69) is 36.2 Å². The van der Waals surface area contributed by atoms with Crippen molar-refractivity contribution in [2.75, 3.05) is 5.32 Å². The highest BCUT2D eigenvalue weighted by Gasteiger charge is 2.19. The van der Waals surface area contributed by atoms with Crippen LogP contribution in [0.15, 0.2) is 34.9 Å². The predicted molar refractivity (Wildman–Crippen MR) is 96.1 cm³/mol. The fourth-order valence-electron chi connectivity index (χ4n) is 2.31. The van der Waals surface area contributed by atoms with Crippen LogP contribution < -0.4 is 5.32 Å². The van der Waals surface area contributed by atoms with Crippen molar-refractivity contribution in [3.05, 3.63) is 52.1 Å². The lowest BCUT2D eigenvalue weighted by Gasteiger charge is -2.12. The summed E-state index contributed by atoms with van der Waals surface area (Å²) in [6.45, 7) is 2.91. The van der Waals surface area contributed by atoms with Crippen LogP contribution in [0.1, 0.15) is 36.1 Å². The summed E-state index contributed by atoms with van der Waals surface area (Å²) >= 11 is 3.32. The summed E-state index contributed by atoms with van der Waals surface area (Å²) in [5.41, 5.74) is 1.23. The molecule has 9 heteroatoms. The summed E-state index contributed by atoms with van der Waals surface area (Å²) in [5, 5.41) is 2.32. The maximum Gasteiger partial charge on any atom is 0.338 e. The molecule has 0 aliphatic rings. The van der Waals surface area contributed by atoms with Gasteiger partial charge in [-0.2, -0.15) is 0 Å². The van der Waals surface area contributed by atoms with E-state index in [4.69, 9.17) is 4.74 Å². The Morgan fingerprint density at radius 3 is 2.85 bits per heavy atom. The minimum Gasteiger partial charge on any atom is -0.451 e. The van der Waals surface area contributed by atoms with Crippen molar-refractivity contribution >= 4 is 44.7 Å². The van der Waals surface area contributed by atoms with E-state index in [1.165, 1.54) is 19.1 Å². The van der Waals surface area contributed by atoms with Gasteiger partial charge in [-0.15, -0.1) is 0 Å². The number of esters is 1. The normalized spacial score (nSPS) is 12.0. The minimum atomic E-state index is -0.676. The Hall–Kier alpha value is -2.81. The first-order chi connectivity index (χ1) is 12.3. The average molecular weight is 421 g/mol. The molecular formula is C17H14BrFN4O3. The van der Waals surface area contributed by atoms with E-state index in [1.807, 2.05) is 6.07 Å². The second-order valence-electron chi connectivity index (χ2n) is 5.57. The number of halogens is 2. The van der Waals surface area contributed by atoms with Crippen LogP contribution in [-0.4, -0.2) is 26.8 Å². The van der Waals surface area contributed by atoms with Crippen molar-refractivity contribution in [2.24, 2.45) is 0 Å². The quantitative estimate of drug-likeness (QED) is 0.626. The van der Waals surface area contributed by atoms with Crippen LogP contribution in [0.25, 0.3) is 11.2 Å². The van der Waals surface area contributed by atoms with Crippen LogP contribution in [0.2, 0.25) is 0 Å². The first kappa shape index (κ1) is 18.0. The van der Waals surface area contributed by atoms with Gasteiger partial charge in [-0.3, -0.25) is 4.79 Å². The lowest BCUT2D eigenvalue weighted by Crippen LogP contribution is -2.12. The molecule has 0 aliphatic heterocycles. The van der Waals surface area contributed by atoms with Gasteiger partial charge in [0.15, 0.2) is 11.8 Å². The van der Waals surface area contributed by atoms with E-state index in [-0.39, 0.29) is 11.3 Å². The van der Waals surface area contributed by atoms with Crippen molar-refractivity contribution in [3.63, 3.8) is 0 Å². The van der Waals surface area contributed by atoms with Gasteiger partial charge in [0, 0.05) is 17.6 Å². The number of carbonyl (C=O) groups is 2. The van der Waals surface area contributed by atoms with Crippen LogP contribution in [0.4, 0.5) is 10.1 Å². The zero-order chi connectivity index (χ0) is 18.8. The Labute approximate surface area is 156 Å². The summed E-state index contributed by atoms with van der Waals surface area (Å²) in [5.74, 6) is -1.32. The van der Waals surface area contributed by atoms with E-state index in [0.717, 1.165) is 10.5 Å². The van der Waals surface area contributed by atoms with Crippen molar-refractivity contribution < 1.29 is 18.7 Å². The number of amides is 1. The van der Waals surface area contributed by atoms with Gasteiger partial charge in [0.1, 0.15) is 11.6 Å². The Bertz CT molecular complexity index is 1000. The number of pyridine rings is 1. The predicted octanol–water partition coefficient (Wildman–Crippen LogP) is 3.74. The number of nitrogens with one attached hydrogen (secondary N) is 2. The van der Waals surface area contributed by atoms with Gasteiger partial charge in [0.05, 0.1) is 16.8 Å². The molecule has 1 atom stereocenters. The van der Waals surface area contributed by atoms with Crippen LogP contribution in [0, 0.1) is 5.82 Å². The molecule has 1 amide bonds. The number of aromatic amines is 1. The molecule has 3 rings (SSSR count). The zero-order valence-corrected chi connectivity index (χ0v) is 15.4. The maximum atomic E-state index is 13.7. The largest absolute Gasteiger partial charge is 0.451 e. The number of benzene rings is 1. The molecule has 7 nitrogen and oxygen atoms in total. The van der Waals surface area contributed by atoms with Gasteiger partial charge in [-0.05, 0) is 47.1 Å². The minimum absolute atomic E-state index is 0.0857. The number of carbonyl (C=O) groups excluding carboxylic acids is 2. The van der Waals surface area contributed by atoms with Gasteiger partial charge < -0.3 is 15.0 Å². The first-order valence-corrected chi connectivity index (χ1v) is 8.42. The highest BCUT2D eigenvalue weighted by atomic mass is 79.9. The van der Waals surface area contributed by atoms with Crippen LogP contribution in [0.3, 0.4) is 0 Å². The van der Waals surface area contributed by atoms with E-state index in [0.29, 0.717) is 17.0 Å². The third kappa shape index (κ3) is 3.88. The van der Waals surface area contributed by atoms with Crippen LogP contribution >= 0.6 is 15.9 Å². The Morgan fingerprint density at radius 2 is 2.12 bits per heavy atom. The number of aromatic nitrogens is 3. The number of imidazole rings is 1. The molecule has 0 bridgehead atoms. The molecule has 0 radical (unpaired) electrons. The molecule has 134 valence electrons. The van der Waals surface area contributed by atoms with Crippen molar-refractivity contribution in [2.45, 2.75) is 20.0 Å². The lowest BCUT2D eigenvalue weighted by molar-refractivity contribution is -0.114. The fraction of sp³-hybridized carbons (Fsp3) is 0.176. The Kier molecular flexibility index (Phi) is 4.99. The van der Waals surface area contributed by atoms with Crippen molar-refractivity contribution in [3.8, 4) is 0 Å². The van der Waals surface area contributed by atoms with E-state index in [1.54, 1.807) is 13.1 Å².